The molecular weight excluding hydrogens is 368 g/mol. The van der Waals surface area contributed by atoms with Crippen molar-refractivity contribution in [3.63, 3.8) is 0 Å². The first-order chi connectivity index (χ1) is 11.2. The molecule has 0 aliphatic heterocycles. The summed E-state index contributed by atoms with van der Waals surface area (Å²) in [6.07, 6.45) is -0.153. The summed E-state index contributed by atoms with van der Waals surface area (Å²) in [5.41, 5.74) is 2.17. The van der Waals surface area contributed by atoms with E-state index in [4.69, 9.17) is 4.74 Å². The Balaban J connectivity index is 2.15. The molecule has 0 heterocycles. The molecule has 0 bridgehead atoms. The first-order valence-electron chi connectivity index (χ1n) is 7.73. The zero-order valence-electron chi connectivity index (χ0n) is 14.4. The molecule has 0 radical (unpaired) electrons. The minimum atomic E-state index is -0.200. The van der Waals surface area contributed by atoms with Crippen LogP contribution in [0, 0.1) is 0 Å². The molecule has 0 aliphatic carbocycles. The predicted octanol–water partition coefficient (Wildman–Crippen LogP) is 5.21. The lowest BCUT2D eigenvalue weighted by Gasteiger charge is -2.20. The third-order valence-corrected chi connectivity index (χ3v) is 4.52. The van der Waals surface area contributed by atoms with Crippen LogP contribution in [0.2, 0.25) is 0 Å². The summed E-state index contributed by atoms with van der Waals surface area (Å²) in [6, 6.07) is 12.4. The number of ether oxygens (including phenoxy) is 1. The minimum absolute atomic E-state index is 0.00299. The van der Waals surface area contributed by atoms with E-state index in [0.717, 1.165) is 10.0 Å². The Morgan fingerprint density at radius 1 is 1.00 bits per heavy atom. The van der Waals surface area contributed by atoms with Crippen molar-refractivity contribution >= 4 is 27.5 Å². The van der Waals surface area contributed by atoms with Gasteiger partial charge < -0.3 is 4.74 Å². The number of hydrogen-bond donors (Lipinski definition) is 0. The maximum atomic E-state index is 12.5. The highest BCUT2D eigenvalue weighted by Crippen LogP contribution is 2.28. The average Bonchev–Trinajstić information content (AvgIpc) is 2.53. The Hall–Kier alpha value is -1.94. The molecule has 2 rings (SSSR count). The van der Waals surface area contributed by atoms with E-state index in [2.05, 4.69) is 36.7 Å². The molecule has 4 heteroatoms. The molecule has 0 N–H and O–H groups in total. The van der Waals surface area contributed by atoms with Crippen molar-refractivity contribution in [3.05, 3.63) is 63.6 Å². The van der Waals surface area contributed by atoms with Gasteiger partial charge in [0, 0.05) is 15.6 Å². The molecule has 0 aromatic heterocycles. The summed E-state index contributed by atoms with van der Waals surface area (Å²) in [7, 11) is 1.57. The number of hydrogen-bond acceptors (Lipinski definition) is 3. The topological polar surface area (TPSA) is 43.4 Å². The van der Waals surface area contributed by atoms with Crippen LogP contribution >= 0.6 is 15.9 Å². The van der Waals surface area contributed by atoms with Crippen LogP contribution in [0.25, 0.3) is 0 Å². The van der Waals surface area contributed by atoms with Gasteiger partial charge in [0.25, 0.3) is 0 Å². The number of ketones is 2. The molecule has 0 spiro atoms. The molecule has 0 aliphatic rings. The lowest BCUT2D eigenvalue weighted by molar-refractivity contribution is 0.0894. The Morgan fingerprint density at radius 3 is 2.12 bits per heavy atom. The highest BCUT2D eigenvalue weighted by atomic mass is 79.9. The molecule has 2 aromatic rings. The van der Waals surface area contributed by atoms with E-state index < -0.39 is 0 Å². The van der Waals surface area contributed by atoms with Crippen LogP contribution in [0.3, 0.4) is 0 Å². The van der Waals surface area contributed by atoms with Gasteiger partial charge in [0.05, 0.1) is 13.5 Å². The number of rotatable bonds is 5. The molecule has 24 heavy (non-hydrogen) atoms. The minimum Gasteiger partial charge on any atom is -0.497 e. The molecule has 0 unspecified atom stereocenters. The van der Waals surface area contributed by atoms with Crippen molar-refractivity contribution in [2.45, 2.75) is 32.6 Å². The smallest absolute Gasteiger partial charge is 0.171 e. The summed E-state index contributed by atoms with van der Waals surface area (Å²) >= 11 is 3.46. The van der Waals surface area contributed by atoms with Crippen LogP contribution in [0.5, 0.6) is 5.75 Å². The van der Waals surface area contributed by atoms with E-state index in [9.17, 15) is 9.59 Å². The Labute approximate surface area is 151 Å². The zero-order chi connectivity index (χ0) is 17.9. The van der Waals surface area contributed by atoms with Crippen LogP contribution in [-0.4, -0.2) is 18.7 Å². The number of carbonyl (C=O) groups is 2. The molecular formula is C20H21BrO3. The van der Waals surface area contributed by atoms with Gasteiger partial charge in [0.15, 0.2) is 11.6 Å². The van der Waals surface area contributed by atoms with E-state index >= 15 is 0 Å². The number of carbonyl (C=O) groups excluding carboxylic acids is 2. The van der Waals surface area contributed by atoms with Crippen molar-refractivity contribution in [1.29, 1.82) is 0 Å². The zero-order valence-corrected chi connectivity index (χ0v) is 15.9. The summed E-state index contributed by atoms with van der Waals surface area (Å²) in [4.78, 5) is 24.7. The first-order valence-corrected chi connectivity index (χ1v) is 8.52. The fourth-order valence-electron chi connectivity index (χ4n) is 2.33. The highest BCUT2D eigenvalue weighted by Gasteiger charge is 2.19. The van der Waals surface area contributed by atoms with Gasteiger partial charge in [-0.15, -0.1) is 0 Å². The quantitative estimate of drug-likeness (QED) is 0.521. The number of methoxy groups -OCH3 is 1. The van der Waals surface area contributed by atoms with Crippen LogP contribution in [-0.2, 0) is 5.41 Å². The third kappa shape index (κ3) is 4.32. The molecule has 0 saturated heterocycles. The monoisotopic (exact) mass is 388 g/mol. The van der Waals surface area contributed by atoms with Crippen LogP contribution in [0.1, 0.15) is 53.5 Å². The van der Waals surface area contributed by atoms with Crippen LogP contribution < -0.4 is 4.74 Å². The molecule has 0 atom stereocenters. The van der Waals surface area contributed by atoms with Crippen molar-refractivity contribution in [2.75, 3.05) is 7.11 Å². The fourth-order valence-corrected chi connectivity index (χ4v) is 2.93. The summed E-state index contributed by atoms with van der Waals surface area (Å²) in [6.45, 7) is 6.34. The maximum absolute atomic E-state index is 12.5. The SMILES string of the molecule is COc1ccc(C(=O)CC(=O)c2ccc(C(C)(C)C)cc2Br)cc1. The molecule has 126 valence electrons. The van der Waals surface area contributed by atoms with Gasteiger partial charge in [-0.25, -0.2) is 0 Å². The van der Waals surface area contributed by atoms with E-state index in [0.29, 0.717) is 16.9 Å². The van der Waals surface area contributed by atoms with Gasteiger partial charge in [-0.05, 0) is 47.4 Å². The summed E-state index contributed by atoms with van der Waals surface area (Å²) in [5, 5.41) is 0. The second-order valence-corrected chi connectivity index (χ2v) is 7.55. The Kier molecular flexibility index (Phi) is 5.60. The lowest BCUT2D eigenvalue weighted by Crippen LogP contribution is -2.13. The van der Waals surface area contributed by atoms with Gasteiger partial charge in [0.2, 0.25) is 0 Å². The molecule has 0 saturated carbocycles. The molecule has 2 aromatic carbocycles. The fraction of sp³-hybridized carbons (Fsp3) is 0.300. The van der Waals surface area contributed by atoms with Gasteiger partial charge in [-0.3, -0.25) is 9.59 Å². The molecule has 0 fully saturated rings. The van der Waals surface area contributed by atoms with Crippen LogP contribution in [0.15, 0.2) is 46.9 Å². The lowest BCUT2D eigenvalue weighted by atomic mass is 9.86. The number of halogens is 1. The highest BCUT2D eigenvalue weighted by molar-refractivity contribution is 9.10. The van der Waals surface area contributed by atoms with Crippen molar-refractivity contribution in [2.24, 2.45) is 0 Å². The van der Waals surface area contributed by atoms with Gasteiger partial charge >= 0.3 is 0 Å². The number of benzene rings is 2. The van der Waals surface area contributed by atoms with E-state index in [1.54, 1.807) is 37.4 Å². The third-order valence-electron chi connectivity index (χ3n) is 3.87. The van der Waals surface area contributed by atoms with Crippen molar-refractivity contribution in [3.8, 4) is 5.75 Å². The Bertz CT molecular complexity index is 755. The van der Waals surface area contributed by atoms with Crippen molar-refractivity contribution < 1.29 is 14.3 Å². The van der Waals surface area contributed by atoms with Gasteiger partial charge in [-0.1, -0.05) is 42.8 Å². The van der Waals surface area contributed by atoms with Gasteiger partial charge in [0.1, 0.15) is 5.75 Å². The average molecular weight is 389 g/mol. The van der Waals surface area contributed by atoms with Crippen molar-refractivity contribution in [1.82, 2.24) is 0 Å². The predicted molar refractivity (Wildman–Crippen MR) is 99.1 cm³/mol. The Morgan fingerprint density at radius 2 is 1.62 bits per heavy atom. The molecule has 0 amide bonds. The van der Waals surface area contributed by atoms with E-state index in [1.807, 2.05) is 12.1 Å². The standard InChI is InChI=1S/C20H21BrO3/c1-20(2,3)14-7-10-16(17(21)11-14)19(23)12-18(22)13-5-8-15(24-4)9-6-13/h5-11H,12H2,1-4H3. The second kappa shape index (κ2) is 7.31. The summed E-state index contributed by atoms with van der Waals surface area (Å²) in [5.74, 6) is 0.288. The normalized spacial score (nSPS) is 11.2. The van der Waals surface area contributed by atoms with Gasteiger partial charge in [-0.2, -0.15) is 0 Å². The van der Waals surface area contributed by atoms with Crippen LogP contribution in [0.4, 0.5) is 0 Å². The summed E-state index contributed by atoms with van der Waals surface area (Å²) < 4.78 is 5.79. The second-order valence-electron chi connectivity index (χ2n) is 6.70. The number of Topliss-reactive ketones (excluding diaryl/α,β-unsaturated/α-hetero) is 2. The molecule has 3 nitrogen and oxygen atoms in total. The first kappa shape index (κ1) is 18.4. The van der Waals surface area contributed by atoms with E-state index in [1.165, 1.54) is 0 Å². The van der Waals surface area contributed by atoms with E-state index in [-0.39, 0.29) is 23.4 Å². The maximum Gasteiger partial charge on any atom is 0.171 e. The largest absolute Gasteiger partial charge is 0.497 e.